The van der Waals surface area contributed by atoms with Crippen LogP contribution in [0, 0.1) is 6.92 Å². The van der Waals surface area contributed by atoms with Crippen molar-refractivity contribution in [2.24, 2.45) is 0 Å². The van der Waals surface area contributed by atoms with Crippen molar-refractivity contribution in [2.45, 2.75) is 32.1 Å². The van der Waals surface area contributed by atoms with Crippen molar-refractivity contribution in [1.29, 1.82) is 0 Å². The molecule has 0 bridgehead atoms. The molecule has 1 atom stereocenters. The van der Waals surface area contributed by atoms with E-state index in [9.17, 15) is 18.0 Å². The smallest absolute Gasteiger partial charge is 0.351 e. The zero-order valence-corrected chi connectivity index (χ0v) is 17.8. The van der Waals surface area contributed by atoms with Crippen LogP contribution in [-0.2, 0) is 17.5 Å². The molecule has 6 nitrogen and oxygen atoms in total. The van der Waals surface area contributed by atoms with Crippen LogP contribution in [0.4, 0.5) is 19.1 Å². The second-order valence-corrected chi connectivity index (χ2v) is 8.57. The molecule has 0 spiro atoms. The van der Waals surface area contributed by atoms with E-state index in [1.165, 1.54) is 17.4 Å². The predicted molar refractivity (Wildman–Crippen MR) is 117 cm³/mol. The molecule has 0 radical (unpaired) electrons. The van der Waals surface area contributed by atoms with E-state index in [-0.39, 0.29) is 12.3 Å². The van der Waals surface area contributed by atoms with E-state index in [1.807, 2.05) is 31.2 Å². The standard InChI is InChI=1S/C22H20F3N5OS/c1-13-26-11-16(32-13)12-27-20(31)10-19(14-5-4-6-15(9-14)22(23,24)25)30-21-28-17-7-2-3-8-18(17)29-21/h2-9,11,19H,10,12H2,1H3,(H,27,31)(H2,28,29,30). The number of nitrogens with zero attached hydrogens (tertiary/aromatic N) is 2. The van der Waals surface area contributed by atoms with Gasteiger partial charge in [-0.3, -0.25) is 4.79 Å². The quantitative estimate of drug-likeness (QED) is 0.355. The van der Waals surface area contributed by atoms with Crippen LogP contribution < -0.4 is 10.6 Å². The van der Waals surface area contributed by atoms with Crippen LogP contribution in [0.3, 0.4) is 0 Å². The predicted octanol–water partition coefficient (Wildman–Crippen LogP) is 5.21. The number of thiazole rings is 1. The van der Waals surface area contributed by atoms with E-state index in [0.717, 1.165) is 27.5 Å². The molecule has 4 aromatic rings. The number of H-pyrrole nitrogens is 1. The highest BCUT2D eigenvalue weighted by Crippen LogP contribution is 2.32. The number of carbonyl (C=O) groups excluding carboxylic acids is 1. The number of fused-ring (bicyclic) bond motifs is 1. The van der Waals surface area contributed by atoms with E-state index in [0.29, 0.717) is 23.6 Å². The zero-order valence-electron chi connectivity index (χ0n) is 17.0. The molecular formula is C22H20F3N5OS. The summed E-state index contributed by atoms with van der Waals surface area (Å²) in [4.78, 5) is 25.2. The van der Waals surface area contributed by atoms with Gasteiger partial charge in [-0.2, -0.15) is 13.2 Å². The largest absolute Gasteiger partial charge is 0.416 e. The topological polar surface area (TPSA) is 82.7 Å². The molecule has 10 heteroatoms. The van der Waals surface area contributed by atoms with Crippen molar-refractivity contribution in [3.05, 3.63) is 75.7 Å². The van der Waals surface area contributed by atoms with Gasteiger partial charge in [0.2, 0.25) is 11.9 Å². The number of para-hydroxylation sites is 2. The summed E-state index contributed by atoms with van der Waals surface area (Å²) in [5.74, 6) is 0.0709. The molecule has 1 unspecified atom stereocenters. The Labute approximate surface area is 185 Å². The molecule has 4 rings (SSSR count). The summed E-state index contributed by atoms with van der Waals surface area (Å²) in [6.45, 7) is 2.18. The average molecular weight is 459 g/mol. The maximum Gasteiger partial charge on any atom is 0.416 e. The molecule has 2 heterocycles. The maximum absolute atomic E-state index is 13.2. The minimum atomic E-state index is -4.48. The molecule has 0 aliphatic rings. The Balaban J connectivity index is 1.56. The van der Waals surface area contributed by atoms with Gasteiger partial charge in [0, 0.05) is 11.1 Å². The monoisotopic (exact) mass is 459 g/mol. The van der Waals surface area contributed by atoms with Gasteiger partial charge in [0.05, 0.1) is 40.6 Å². The molecule has 3 N–H and O–H groups in total. The van der Waals surface area contributed by atoms with E-state index in [1.54, 1.807) is 12.3 Å². The molecule has 166 valence electrons. The van der Waals surface area contributed by atoms with Crippen LogP contribution >= 0.6 is 11.3 Å². The number of carbonyl (C=O) groups is 1. The molecule has 0 aliphatic carbocycles. The van der Waals surface area contributed by atoms with E-state index < -0.39 is 17.8 Å². The molecule has 0 aliphatic heterocycles. The van der Waals surface area contributed by atoms with Crippen molar-refractivity contribution in [2.75, 3.05) is 5.32 Å². The van der Waals surface area contributed by atoms with Gasteiger partial charge in [-0.25, -0.2) is 9.97 Å². The van der Waals surface area contributed by atoms with Gasteiger partial charge < -0.3 is 15.6 Å². The fourth-order valence-electron chi connectivity index (χ4n) is 3.30. The Morgan fingerprint density at radius 2 is 2.00 bits per heavy atom. The number of aromatic amines is 1. The third kappa shape index (κ3) is 5.25. The summed E-state index contributed by atoms with van der Waals surface area (Å²) < 4.78 is 39.7. The SMILES string of the molecule is Cc1ncc(CNC(=O)CC(Nc2nc3ccccc3[nH]2)c2cccc(C(F)(F)F)c2)s1. The molecule has 1 amide bonds. The Hall–Kier alpha value is -3.40. The van der Waals surface area contributed by atoms with E-state index in [2.05, 4.69) is 25.6 Å². The van der Waals surface area contributed by atoms with Gasteiger partial charge in [-0.1, -0.05) is 24.3 Å². The van der Waals surface area contributed by atoms with Gasteiger partial charge in [-0.05, 0) is 36.8 Å². The number of rotatable bonds is 7. The minimum absolute atomic E-state index is 0.0733. The zero-order chi connectivity index (χ0) is 22.7. The van der Waals surface area contributed by atoms with Crippen LogP contribution in [0.2, 0.25) is 0 Å². The maximum atomic E-state index is 13.2. The second kappa shape index (κ2) is 8.99. The van der Waals surface area contributed by atoms with Gasteiger partial charge in [0.15, 0.2) is 0 Å². The van der Waals surface area contributed by atoms with E-state index >= 15 is 0 Å². The average Bonchev–Trinajstić information content (AvgIpc) is 3.36. The minimum Gasteiger partial charge on any atom is -0.351 e. The number of hydrogen-bond donors (Lipinski definition) is 3. The number of benzene rings is 2. The summed E-state index contributed by atoms with van der Waals surface area (Å²) >= 11 is 1.47. The molecule has 32 heavy (non-hydrogen) atoms. The summed E-state index contributed by atoms with van der Waals surface area (Å²) in [7, 11) is 0. The number of alkyl halides is 3. The lowest BCUT2D eigenvalue weighted by molar-refractivity contribution is -0.137. The fraction of sp³-hybridized carbons (Fsp3) is 0.227. The van der Waals surface area contributed by atoms with E-state index in [4.69, 9.17) is 0 Å². The third-order valence-electron chi connectivity index (χ3n) is 4.84. The second-order valence-electron chi connectivity index (χ2n) is 7.25. The molecule has 2 aromatic carbocycles. The number of halogens is 3. The first-order valence-corrected chi connectivity index (χ1v) is 10.7. The van der Waals surface area contributed by atoms with Crippen molar-refractivity contribution < 1.29 is 18.0 Å². The number of imidazole rings is 1. The van der Waals surface area contributed by atoms with Gasteiger partial charge in [0.25, 0.3) is 0 Å². The first-order chi connectivity index (χ1) is 15.3. The Morgan fingerprint density at radius 1 is 1.19 bits per heavy atom. The lowest BCUT2D eigenvalue weighted by Crippen LogP contribution is -2.27. The van der Waals surface area contributed by atoms with Crippen LogP contribution in [0.25, 0.3) is 11.0 Å². The number of aromatic nitrogens is 3. The molecule has 0 saturated carbocycles. The highest BCUT2D eigenvalue weighted by atomic mass is 32.1. The van der Waals surface area contributed by atoms with Gasteiger partial charge >= 0.3 is 6.18 Å². The third-order valence-corrected chi connectivity index (χ3v) is 5.75. The van der Waals surface area contributed by atoms with Crippen molar-refractivity contribution >= 4 is 34.2 Å². The Morgan fingerprint density at radius 3 is 2.72 bits per heavy atom. The summed E-state index contributed by atoms with van der Waals surface area (Å²) in [5, 5.41) is 6.79. The normalized spacial score (nSPS) is 12.6. The number of anilines is 1. The van der Waals surface area contributed by atoms with Crippen molar-refractivity contribution in [1.82, 2.24) is 20.3 Å². The van der Waals surface area contributed by atoms with Gasteiger partial charge in [-0.15, -0.1) is 11.3 Å². The number of amides is 1. The first kappa shape index (κ1) is 21.8. The Bertz CT molecular complexity index is 1200. The number of hydrogen-bond acceptors (Lipinski definition) is 5. The first-order valence-electron chi connectivity index (χ1n) is 9.84. The fourth-order valence-corrected chi connectivity index (χ4v) is 4.04. The highest BCUT2D eigenvalue weighted by molar-refractivity contribution is 7.11. The highest BCUT2D eigenvalue weighted by Gasteiger charge is 2.31. The molecule has 0 saturated heterocycles. The molecular weight excluding hydrogens is 439 g/mol. The molecule has 2 aromatic heterocycles. The summed E-state index contributed by atoms with van der Waals surface area (Å²) in [6.07, 6.45) is -2.86. The van der Waals surface area contributed by atoms with Gasteiger partial charge in [0.1, 0.15) is 0 Å². The number of nitrogens with one attached hydrogen (secondary N) is 3. The molecule has 0 fully saturated rings. The number of aryl methyl sites for hydroxylation is 1. The van der Waals surface area contributed by atoms with Crippen LogP contribution in [-0.4, -0.2) is 20.9 Å². The van der Waals surface area contributed by atoms with Crippen LogP contribution in [0.5, 0.6) is 0 Å². The lowest BCUT2D eigenvalue weighted by atomic mass is 10.0. The van der Waals surface area contributed by atoms with Crippen LogP contribution in [0.15, 0.2) is 54.7 Å². The lowest BCUT2D eigenvalue weighted by Gasteiger charge is -2.20. The van der Waals surface area contributed by atoms with Crippen molar-refractivity contribution in [3.8, 4) is 0 Å². The summed E-state index contributed by atoms with van der Waals surface area (Å²) in [5.41, 5.74) is 1.06. The Kier molecular flexibility index (Phi) is 6.13. The van der Waals surface area contributed by atoms with Crippen LogP contribution in [0.1, 0.15) is 33.5 Å². The van der Waals surface area contributed by atoms with Crippen molar-refractivity contribution in [3.63, 3.8) is 0 Å². The summed E-state index contributed by atoms with van der Waals surface area (Å²) in [6, 6.07) is 11.6.